The molecule has 0 aromatic heterocycles. The molecule has 86 valence electrons. The zero-order chi connectivity index (χ0) is 11.8. The lowest BCUT2D eigenvalue weighted by Crippen LogP contribution is -2.26. The van der Waals surface area contributed by atoms with E-state index in [9.17, 15) is 9.90 Å². The molecule has 0 saturated heterocycles. The van der Waals surface area contributed by atoms with Gasteiger partial charge in [0.25, 0.3) is 0 Å². The van der Waals surface area contributed by atoms with E-state index in [4.69, 9.17) is 16.7 Å². The van der Waals surface area contributed by atoms with E-state index in [-0.39, 0.29) is 22.7 Å². The number of carboxylic acids is 1. The molecule has 1 aromatic rings. The Labute approximate surface area is 97.9 Å². The highest BCUT2D eigenvalue weighted by molar-refractivity contribution is 6.34. The smallest absolute Gasteiger partial charge is 0.339 e. The van der Waals surface area contributed by atoms with E-state index in [0.29, 0.717) is 5.69 Å². The van der Waals surface area contributed by atoms with Crippen molar-refractivity contribution in [2.24, 2.45) is 0 Å². The van der Waals surface area contributed by atoms with E-state index < -0.39 is 5.97 Å². The van der Waals surface area contributed by atoms with Crippen molar-refractivity contribution in [1.29, 1.82) is 0 Å². The molecule has 2 rings (SSSR count). The second kappa shape index (κ2) is 3.96. The standard InChI is InChI=1S/C11H12ClNO3/c12-7-2-1-3-8(9(7)10(15)16)13-11(6-14)4-5-11/h1-3,13-14H,4-6H2,(H,15,16). The Morgan fingerprint density at radius 3 is 2.69 bits per heavy atom. The van der Waals surface area contributed by atoms with Gasteiger partial charge in [-0.2, -0.15) is 0 Å². The highest BCUT2D eigenvalue weighted by atomic mass is 35.5. The number of hydrogen-bond donors (Lipinski definition) is 3. The van der Waals surface area contributed by atoms with Crippen molar-refractivity contribution in [3.63, 3.8) is 0 Å². The number of carbonyl (C=O) groups is 1. The third-order valence-electron chi connectivity index (χ3n) is 2.78. The third-order valence-corrected chi connectivity index (χ3v) is 3.10. The molecular formula is C11H12ClNO3. The molecule has 5 heteroatoms. The van der Waals surface area contributed by atoms with Crippen LogP contribution in [0.1, 0.15) is 23.2 Å². The summed E-state index contributed by atoms with van der Waals surface area (Å²) in [4.78, 5) is 11.1. The Morgan fingerprint density at radius 2 is 2.19 bits per heavy atom. The van der Waals surface area contributed by atoms with Gasteiger partial charge in [-0.25, -0.2) is 4.79 Å². The fourth-order valence-electron chi connectivity index (χ4n) is 1.60. The average molecular weight is 242 g/mol. The lowest BCUT2D eigenvalue weighted by molar-refractivity contribution is 0.0698. The van der Waals surface area contributed by atoms with Crippen molar-refractivity contribution in [1.82, 2.24) is 0 Å². The highest BCUT2D eigenvalue weighted by Crippen LogP contribution is 2.39. The molecule has 0 aliphatic heterocycles. The van der Waals surface area contributed by atoms with Gasteiger partial charge in [0.2, 0.25) is 0 Å². The van der Waals surface area contributed by atoms with Gasteiger partial charge in [0, 0.05) is 0 Å². The molecule has 0 amide bonds. The Balaban J connectivity index is 2.33. The Hall–Kier alpha value is -1.26. The second-order valence-electron chi connectivity index (χ2n) is 4.03. The van der Waals surface area contributed by atoms with Gasteiger partial charge in [0.05, 0.1) is 22.9 Å². The van der Waals surface area contributed by atoms with Gasteiger partial charge in [-0.05, 0) is 25.0 Å². The van der Waals surface area contributed by atoms with Gasteiger partial charge in [-0.3, -0.25) is 0 Å². The quantitative estimate of drug-likeness (QED) is 0.754. The first-order valence-electron chi connectivity index (χ1n) is 4.99. The van der Waals surface area contributed by atoms with Crippen molar-refractivity contribution in [2.75, 3.05) is 11.9 Å². The average Bonchev–Trinajstić information content (AvgIpc) is 2.98. The van der Waals surface area contributed by atoms with Crippen molar-refractivity contribution in [3.05, 3.63) is 28.8 Å². The fraction of sp³-hybridized carbons (Fsp3) is 0.364. The molecule has 0 radical (unpaired) electrons. The Kier molecular flexibility index (Phi) is 2.78. The largest absolute Gasteiger partial charge is 0.478 e. The molecule has 3 N–H and O–H groups in total. The minimum atomic E-state index is -1.07. The number of nitrogens with one attached hydrogen (secondary N) is 1. The summed E-state index contributed by atoms with van der Waals surface area (Å²) in [5.41, 5.74) is 0.171. The molecule has 4 nitrogen and oxygen atoms in total. The predicted octanol–water partition coefficient (Wildman–Crippen LogP) is 1.97. The molecule has 1 aliphatic rings. The van der Waals surface area contributed by atoms with Crippen molar-refractivity contribution < 1.29 is 15.0 Å². The summed E-state index contributed by atoms with van der Waals surface area (Å²) >= 11 is 5.83. The van der Waals surface area contributed by atoms with E-state index in [1.165, 1.54) is 6.07 Å². The highest BCUT2D eigenvalue weighted by Gasteiger charge is 2.42. The summed E-state index contributed by atoms with van der Waals surface area (Å²) in [5.74, 6) is -1.07. The first-order valence-corrected chi connectivity index (χ1v) is 5.37. The summed E-state index contributed by atoms with van der Waals surface area (Å²) in [6, 6.07) is 4.88. The molecule has 0 atom stereocenters. The van der Waals surface area contributed by atoms with Gasteiger partial charge in [0.15, 0.2) is 0 Å². The lowest BCUT2D eigenvalue weighted by Gasteiger charge is -2.18. The summed E-state index contributed by atoms with van der Waals surface area (Å²) < 4.78 is 0. The van der Waals surface area contributed by atoms with Crippen LogP contribution in [0, 0.1) is 0 Å². The van der Waals surface area contributed by atoms with Gasteiger partial charge in [-0.15, -0.1) is 0 Å². The van der Waals surface area contributed by atoms with Crippen molar-refractivity contribution >= 4 is 23.3 Å². The number of hydrogen-bond acceptors (Lipinski definition) is 3. The van der Waals surface area contributed by atoms with Crippen LogP contribution >= 0.6 is 11.6 Å². The van der Waals surface area contributed by atoms with Gasteiger partial charge in [0.1, 0.15) is 5.56 Å². The van der Waals surface area contributed by atoms with E-state index >= 15 is 0 Å². The number of aliphatic hydroxyl groups is 1. The number of aliphatic hydroxyl groups excluding tert-OH is 1. The minimum Gasteiger partial charge on any atom is -0.478 e. The topological polar surface area (TPSA) is 69.6 Å². The molecule has 1 aromatic carbocycles. The molecule has 1 saturated carbocycles. The maximum Gasteiger partial charge on any atom is 0.339 e. The Morgan fingerprint density at radius 1 is 1.50 bits per heavy atom. The van der Waals surface area contributed by atoms with Gasteiger partial charge in [-0.1, -0.05) is 17.7 Å². The summed E-state index contributed by atoms with van der Waals surface area (Å²) in [6.45, 7) is -0.00142. The molecule has 0 heterocycles. The summed E-state index contributed by atoms with van der Waals surface area (Å²) in [5, 5.41) is 21.5. The molecule has 1 fully saturated rings. The molecule has 0 bridgehead atoms. The van der Waals surface area contributed by atoms with Crippen LogP contribution in [-0.4, -0.2) is 28.3 Å². The molecule has 1 aliphatic carbocycles. The Bertz CT molecular complexity index is 429. The third kappa shape index (κ3) is 1.99. The van der Waals surface area contributed by atoms with Crippen LogP contribution in [-0.2, 0) is 0 Å². The fourth-order valence-corrected chi connectivity index (χ4v) is 1.86. The van der Waals surface area contributed by atoms with Crippen LogP contribution in [0.25, 0.3) is 0 Å². The van der Waals surface area contributed by atoms with Crippen LogP contribution < -0.4 is 5.32 Å². The van der Waals surface area contributed by atoms with Gasteiger partial charge >= 0.3 is 5.97 Å². The maximum absolute atomic E-state index is 11.1. The summed E-state index contributed by atoms with van der Waals surface area (Å²) in [7, 11) is 0. The first kappa shape index (κ1) is 11.2. The minimum absolute atomic E-state index is 0.00142. The first-order chi connectivity index (χ1) is 7.58. The van der Waals surface area contributed by atoms with Crippen LogP contribution in [0.5, 0.6) is 0 Å². The number of aromatic carboxylic acids is 1. The van der Waals surface area contributed by atoms with E-state index in [2.05, 4.69) is 5.32 Å². The molecular weight excluding hydrogens is 230 g/mol. The van der Waals surface area contributed by atoms with Crippen LogP contribution in [0.15, 0.2) is 18.2 Å². The van der Waals surface area contributed by atoms with Crippen molar-refractivity contribution in [3.8, 4) is 0 Å². The van der Waals surface area contributed by atoms with Crippen LogP contribution in [0.4, 0.5) is 5.69 Å². The molecule has 0 spiro atoms. The number of rotatable bonds is 4. The van der Waals surface area contributed by atoms with E-state index in [1.807, 2.05) is 0 Å². The van der Waals surface area contributed by atoms with Gasteiger partial charge < -0.3 is 15.5 Å². The van der Waals surface area contributed by atoms with Crippen LogP contribution in [0.2, 0.25) is 5.02 Å². The number of carboxylic acid groups (broad SMARTS) is 1. The van der Waals surface area contributed by atoms with E-state index in [0.717, 1.165) is 12.8 Å². The number of benzene rings is 1. The zero-order valence-electron chi connectivity index (χ0n) is 8.53. The number of halogens is 1. The van der Waals surface area contributed by atoms with E-state index in [1.54, 1.807) is 12.1 Å². The molecule has 0 unspecified atom stereocenters. The van der Waals surface area contributed by atoms with Crippen LogP contribution in [0.3, 0.4) is 0 Å². The van der Waals surface area contributed by atoms with Crippen molar-refractivity contribution in [2.45, 2.75) is 18.4 Å². The predicted molar refractivity (Wildman–Crippen MR) is 61.1 cm³/mol. The lowest BCUT2D eigenvalue weighted by atomic mass is 10.1. The second-order valence-corrected chi connectivity index (χ2v) is 4.44. The monoisotopic (exact) mass is 241 g/mol. The number of anilines is 1. The molecule has 16 heavy (non-hydrogen) atoms. The maximum atomic E-state index is 11.1. The SMILES string of the molecule is O=C(O)c1c(Cl)cccc1NC1(CO)CC1. The zero-order valence-corrected chi connectivity index (χ0v) is 9.29. The normalized spacial score (nSPS) is 16.9. The summed E-state index contributed by atoms with van der Waals surface area (Å²) in [6.07, 6.45) is 1.68.